The van der Waals surface area contributed by atoms with Crippen molar-refractivity contribution >= 4 is 29.0 Å². The molecule has 1 fully saturated rings. The maximum atomic E-state index is 13.0. The molecule has 0 aliphatic carbocycles. The SMILES string of the molecule is O=C(c1ccccc1)c1ccccc1NC(=O)C1CCN(Cc2nc(-c3ccccc3Cl)no2)CC1. The number of carbonyl (C=O) groups is 2. The highest BCUT2D eigenvalue weighted by atomic mass is 35.5. The van der Waals surface area contributed by atoms with Gasteiger partial charge in [-0.25, -0.2) is 0 Å². The molecule has 8 heteroatoms. The number of likely N-dealkylation sites (tertiary alicyclic amines) is 1. The van der Waals surface area contributed by atoms with Gasteiger partial charge in [0, 0.05) is 22.6 Å². The third kappa shape index (κ3) is 5.37. The number of ketones is 1. The molecule has 7 nitrogen and oxygen atoms in total. The Kier molecular flexibility index (Phi) is 7.21. The Bertz CT molecular complexity index is 1360. The summed E-state index contributed by atoms with van der Waals surface area (Å²) in [4.78, 5) is 32.7. The first-order valence-electron chi connectivity index (χ1n) is 11.9. The average molecular weight is 501 g/mol. The molecule has 0 unspecified atom stereocenters. The summed E-state index contributed by atoms with van der Waals surface area (Å²) in [7, 11) is 0. The van der Waals surface area contributed by atoms with Crippen LogP contribution in [0, 0.1) is 5.92 Å². The Labute approximate surface area is 214 Å². The summed E-state index contributed by atoms with van der Waals surface area (Å²) < 4.78 is 5.43. The number of piperidine rings is 1. The lowest BCUT2D eigenvalue weighted by atomic mass is 9.95. The maximum Gasteiger partial charge on any atom is 0.241 e. The van der Waals surface area contributed by atoms with Crippen LogP contribution in [0.1, 0.15) is 34.7 Å². The zero-order chi connectivity index (χ0) is 24.9. The normalized spacial score (nSPS) is 14.5. The minimum atomic E-state index is -0.137. The number of halogens is 1. The van der Waals surface area contributed by atoms with Gasteiger partial charge >= 0.3 is 0 Å². The number of para-hydroxylation sites is 1. The van der Waals surface area contributed by atoms with Gasteiger partial charge in [-0.1, -0.05) is 71.4 Å². The maximum absolute atomic E-state index is 13.0. The Morgan fingerprint density at radius 2 is 1.64 bits per heavy atom. The van der Waals surface area contributed by atoms with Crippen molar-refractivity contribution in [2.24, 2.45) is 5.92 Å². The molecule has 1 aliphatic heterocycles. The molecular formula is C28H25ClN4O3. The summed E-state index contributed by atoms with van der Waals surface area (Å²) in [6.07, 6.45) is 1.40. The van der Waals surface area contributed by atoms with Crippen molar-refractivity contribution < 1.29 is 14.1 Å². The van der Waals surface area contributed by atoms with E-state index < -0.39 is 0 Å². The molecule has 0 bridgehead atoms. The van der Waals surface area contributed by atoms with Crippen LogP contribution >= 0.6 is 11.6 Å². The first-order chi connectivity index (χ1) is 17.6. The van der Waals surface area contributed by atoms with Gasteiger partial charge < -0.3 is 9.84 Å². The molecule has 0 spiro atoms. The van der Waals surface area contributed by atoms with E-state index >= 15 is 0 Å². The lowest BCUT2D eigenvalue weighted by Crippen LogP contribution is -2.38. The number of nitrogens with one attached hydrogen (secondary N) is 1. The molecule has 3 aromatic carbocycles. The summed E-state index contributed by atoms with van der Waals surface area (Å²) in [5.74, 6) is 0.663. The van der Waals surface area contributed by atoms with Crippen molar-refractivity contribution in [3.8, 4) is 11.4 Å². The number of rotatable bonds is 7. The average Bonchev–Trinajstić information content (AvgIpc) is 3.38. The second-order valence-electron chi connectivity index (χ2n) is 8.77. The van der Waals surface area contributed by atoms with E-state index in [1.165, 1.54) is 0 Å². The highest BCUT2D eigenvalue weighted by Crippen LogP contribution is 2.26. The second-order valence-corrected chi connectivity index (χ2v) is 9.18. The molecule has 4 aromatic rings. The minimum absolute atomic E-state index is 0.0678. The number of anilines is 1. The van der Waals surface area contributed by atoms with Crippen molar-refractivity contribution in [3.05, 3.63) is 101 Å². The van der Waals surface area contributed by atoms with E-state index in [1.807, 2.05) is 42.5 Å². The zero-order valence-corrected chi connectivity index (χ0v) is 20.3. The molecule has 5 rings (SSSR count). The molecule has 36 heavy (non-hydrogen) atoms. The van der Waals surface area contributed by atoms with Crippen LogP contribution in [0.2, 0.25) is 5.02 Å². The van der Waals surface area contributed by atoms with Crippen molar-refractivity contribution in [1.29, 1.82) is 0 Å². The molecule has 1 saturated heterocycles. The van der Waals surface area contributed by atoms with Gasteiger partial charge in [0.1, 0.15) is 0 Å². The molecule has 2 heterocycles. The van der Waals surface area contributed by atoms with Gasteiger partial charge in [-0.3, -0.25) is 14.5 Å². The Morgan fingerprint density at radius 1 is 0.944 bits per heavy atom. The van der Waals surface area contributed by atoms with E-state index in [0.29, 0.717) is 52.9 Å². The topological polar surface area (TPSA) is 88.3 Å². The number of nitrogens with zero attached hydrogens (tertiary/aromatic N) is 3. The third-order valence-electron chi connectivity index (χ3n) is 6.37. The van der Waals surface area contributed by atoms with Crippen LogP contribution in [0.3, 0.4) is 0 Å². The molecule has 1 amide bonds. The van der Waals surface area contributed by atoms with E-state index in [-0.39, 0.29) is 17.6 Å². The summed E-state index contributed by atoms with van der Waals surface area (Å²) in [5.41, 5.74) is 2.35. The summed E-state index contributed by atoms with van der Waals surface area (Å²) in [6, 6.07) is 23.6. The van der Waals surface area contributed by atoms with Crippen molar-refractivity contribution in [1.82, 2.24) is 15.0 Å². The van der Waals surface area contributed by atoms with Gasteiger partial charge in [-0.15, -0.1) is 0 Å². The number of aromatic nitrogens is 2. The minimum Gasteiger partial charge on any atom is -0.338 e. The third-order valence-corrected chi connectivity index (χ3v) is 6.70. The highest BCUT2D eigenvalue weighted by Gasteiger charge is 2.27. The van der Waals surface area contributed by atoms with Crippen LogP contribution in [-0.2, 0) is 11.3 Å². The first-order valence-corrected chi connectivity index (χ1v) is 12.3. The monoisotopic (exact) mass is 500 g/mol. The lowest BCUT2D eigenvalue weighted by molar-refractivity contribution is -0.121. The van der Waals surface area contributed by atoms with Crippen molar-refractivity contribution in [3.63, 3.8) is 0 Å². The number of carbonyl (C=O) groups excluding carboxylic acids is 2. The molecule has 1 aromatic heterocycles. The molecule has 0 saturated carbocycles. The molecule has 1 N–H and O–H groups in total. The quantitative estimate of drug-likeness (QED) is 0.338. The molecule has 182 valence electrons. The summed E-state index contributed by atoms with van der Waals surface area (Å²) >= 11 is 6.23. The van der Waals surface area contributed by atoms with Gasteiger partial charge in [-0.05, 0) is 50.2 Å². The fourth-order valence-corrected chi connectivity index (χ4v) is 4.61. The number of amides is 1. The number of hydrogen-bond acceptors (Lipinski definition) is 6. The highest BCUT2D eigenvalue weighted by molar-refractivity contribution is 6.33. The van der Waals surface area contributed by atoms with E-state index in [0.717, 1.165) is 18.7 Å². The van der Waals surface area contributed by atoms with Gasteiger partial charge in [0.05, 0.1) is 17.3 Å². The predicted molar refractivity (Wildman–Crippen MR) is 138 cm³/mol. The van der Waals surface area contributed by atoms with Crippen LogP contribution < -0.4 is 5.32 Å². The largest absolute Gasteiger partial charge is 0.338 e. The van der Waals surface area contributed by atoms with Gasteiger partial charge in [0.15, 0.2) is 5.78 Å². The second kappa shape index (κ2) is 10.8. The Morgan fingerprint density at radius 3 is 2.42 bits per heavy atom. The molecule has 1 aliphatic rings. The smallest absolute Gasteiger partial charge is 0.241 e. The number of benzene rings is 3. The summed E-state index contributed by atoms with van der Waals surface area (Å²) in [6.45, 7) is 1.97. The van der Waals surface area contributed by atoms with E-state index in [9.17, 15) is 9.59 Å². The van der Waals surface area contributed by atoms with E-state index in [1.54, 1.807) is 36.4 Å². The molecular weight excluding hydrogens is 476 g/mol. The fraction of sp³-hybridized carbons (Fsp3) is 0.214. The van der Waals surface area contributed by atoms with Gasteiger partial charge in [-0.2, -0.15) is 4.98 Å². The Balaban J connectivity index is 1.18. The lowest BCUT2D eigenvalue weighted by Gasteiger charge is -2.30. The van der Waals surface area contributed by atoms with Crippen LogP contribution in [0.5, 0.6) is 0 Å². The summed E-state index contributed by atoms with van der Waals surface area (Å²) in [5, 5.41) is 7.62. The van der Waals surface area contributed by atoms with Crippen LogP contribution in [0.15, 0.2) is 83.4 Å². The van der Waals surface area contributed by atoms with Crippen molar-refractivity contribution in [2.45, 2.75) is 19.4 Å². The van der Waals surface area contributed by atoms with Crippen LogP contribution in [0.25, 0.3) is 11.4 Å². The fourth-order valence-electron chi connectivity index (χ4n) is 4.39. The first kappa shape index (κ1) is 23.9. The van der Waals surface area contributed by atoms with Crippen molar-refractivity contribution in [2.75, 3.05) is 18.4 Å². The molecule has 0 atom stereocenters. The van der Waals surface area contributed by atoms with E-state index in [4.69, 9.17) is 16.1 Å². The van der Waals surface area contributed by atoms with Crippen LogP contribution in [-0.4, -0.2) is 39.8 Å². The zero-order valence-electron chi connectivity index (χ0n) is 19.6. The van der Waals surface area contributed by atoms with Gasteiger partial charge in [0.2, 0.25) is 17.6 Å². The standard InChI is InChI=1S/C28H25ClN4O3/c29-23-12-6-4-10-21(23)27-31-25(36-32-27)18-33-16-14-20(15-17-33)28(35)30-24-13-7-5-11-22(24)26(34)19-8-2-1-3-9-19/h1-13,20H,14-18H2,(H,30,35). The Hall–Kier alpha value is -3.81. The predicted octanol–water partition coefficient (Wildman–Crippen LogP) is 5.47. The van der Waals surface area contributed by atoms with Gasteiger partial charge in [0.25, 0.3) is 0 Å². The van der Waals surface area contributed by atoms with Crippen LogP contribution in [0.4, 0.5) is 5.69 Å². The van der Waals surface area contributed by atoms with E-state index in [2.05, 4.69) is 20.4 Å². The number of hydrogen-bond donors (Lipinski definition) is 1. The molecule has 0 radical (unpaired) electrons.